The molecule has 1 aliphatic rings. The van der Waals surface area contributed by atoms with Crippen LogP contribution < -0.4 is 10.6 Å². The van der Waals surface area contributed by atoms with Crippen LogP contribution in [-0.4, -0.2) is 34.3 Å². The Kier molecular flexibility index (Phi) is 4.59. The Bertz CT molecular complexity index is 652. The van der Waals surface area contributed by atoms with Gasteiger partial charge in [0, 0.05) is 22.8 Å². The average molecular weight is 363 g/mol. The molecule has 0 radical (unpaired) electrons. The second-order valence-corrected chi connectivity index (χ2v) is 6.62. The fourth-order valence-electron chi connectivity index (χ4n) is 2.71. The van der Waals surface area contributed by atoms with E-state index in [0.717, 1.165) is 29.5 Å². The molecular weight excluding hydrogens is 344 g/mol. The first kappa shape index (κ1) is 15.2. The molecule has 116 valence electrons. The predicted octanol–water partition coefficient (Wildman–Crippen LogP) is 2.51. The molecule has 1 saturated heterocycles. The highest BCUT2D eigenvalue weighted by Gasteiger charge is 2.21. The third kappa shape index (κ3) is 3.56. The summed E-state index contributed by atoms with van der Waals surface area (Å²) in [5.74, 6) is -0.0533. The smallest absolute Gasteiger partial charge is 0.254 e. The number of carbonyl (C=O) groups excluding carboxylic acids is 1. The summed E-state index contributed by atoms with van der Waals surface area (Å²) in [5.41, 5.74) is 1.52. The van der Waals surface area contributed by atoms with Crippen molar-refractivity contribution in [3.8, 4) is 5.69 Å². The minimum Gasteiger partial charge on any atom is -0.349 e. The molecule has 0 bridgehead atoms. The lowest BCUT2D eigenvalue weighted by Crippen LogP contribution is -2.46. The second kappa shape index (κ2) is 6.62. The highest BCUT2D eigenvalue weighted by molar-refractivity contribution is 9.10. The van der Waals surface area contributed by atoms with E-state index in [4.69, 9.17) is 0 Å². The summed E-state index contributed by atoms with van der Waals surface area (Å²) in [6.07, 6.45) is 5.31. The Balaban J connectivity index is 1.67. The number of nitrogens with one attached hydrogen (secondary N) is 2. The number of piperidine rings is 1. The van der Waals surface area contributed by atoms with Crippen molar-refractivity contribution in [2.45, 2.75) is 31.8 Å². The number of hydrogen-bond donors (Lipinski definition) is 2. The molecule has 1 fully saturated rings. The number of benzene rings is 1. The van der Waals surface area contributed by atoms with E-state index in [0.29, 0.717) is 11.6 Å². The first-order valence-corrected chi connectivity index (χ1v) is 8.26. The molecule has 22 heavy (non-hydrogen) atoms. The van der Waals surface area contributed by atoms with E-state index in [1.165, 1.54) is 0 Å². The molecule has 1 aromatic heterocycles. The van der Waals surface area contributed by atoms with E-state index in [2.05, 4.69) is 38.6 Å². The quantitative estimate of drug-likeness (QED) is 0.881. The zero-order valence-electron chi connectivity index (χ0n) is 12.4. The standard InChI is InChI=1S/C16H19BrN4O/c1-11-8-14(6-7-18-11)20-16(22)12-9-19-21(10-12)15-4-2-13(17)3-5-15/h2-5,9-11,14,18H,6-8H2,1H3,(H,20,22). The van der Waals surface area contributed by atoms with Gasteiger partial charge >= 0.3 is 0 Å². The van der Waals surface area contributed by atoms with Gasteiger partial charge in [-0.1, -0.05) is 15.9 Å². The molecule has 0 saturated carbocycles. The number of hydrogen-bond acceptors (Lipinski definition) is 3. The largest absolute Gasteiger partial charge is 0.349 e. The molecule has 1 aliphatic heterocycles. The highest BCUT2D eigenvalue weighted by atomic mass is 79.9. The van der Waals surface area contributed by atoms with Crippen LogP contribution >= 0.6 is 15.9 Å². The Morgan fingerprint density at radius 3 is 2.91 bits per heavy atom. The number of aromatic nitrogens is 2. The number of nitrogens with zero attached hydrogens (tertiary/aromatic N) is 2. The van der Waals surface area contributed by atoms with E-state index in [9.17, 15) is 4.79 Å². The summed E-state index contributed by atoms with van der Waals surface area (Å²) in [6.45, 7) is 3.09. The third-order valence-electron chi connectivity index (χ3n) is 3.89. The fraction of sp³-hybridized carbons (Fsp3) is 0.375. The molecular formula is C16H19BrN4O. The van der Waals surface area contributed by atoms with Crippen molar-refractivity contribution in [1.82, 2.24) is 20.4 Å². The van der Waals surface area contributed by atoms with Gasteiger partial charge in [-0.15, -0.1) is 0 Å². The van der Waals surface area contributed by atoms with Crippen LogP contribution in [0.4, 0.5) is 0 Å². The molecule has 0 spiro atoms. The second-order valence-electron chi connectivity index (χ2n) is 5.70. The van der Waals surface area contributed by atoms with Crippen molar-refractivity contribution in [3.05, 3.63) is 46.7 Å². The Labute approximate surface area is 138 Å². The summed E-state index contributed by atoms with van der Waals surface area (Å²) >= 11 is 3.41. The van der Waals surface area contributed by atoms with E-state index < -0.39 is 0 Å². The Hall–Kier alpha value is -1.66. The maximum atomic E-state index is 12.3. The zero-order chi connectivity index (χ0) is 15.5. The van der Waals surface area contributed by atoms with Gasteiger partial charge in [0.05, 0.1) is 17.4 Å². The Morgan fingerprint density at radius 1 is 1.41 bits per heavy atom. The minimum absolute atomic E-state index is 0.0533. The highest BCUT2D eigenvalue weighted by Crippen LogP contribution is 2.14. The molecule has 5 nitrogen and oxygen atoms in total. The van der Waals surface area contributed by atoms with Gasteiger partial charge in [-0.25, -0.2) is 4.68 Å². The normalized spacial score (nSPS) is 21.5. The van der Waals surface area contributed by atoms with Crippen LogP contribution in [0.15, 0.2) is 41.1 Å². The topological polar surface area (TPSA) is 59.0 Å². The molecule has 2 aromatic rings. The predicted molar refractivity (Wildman–Crippen MR) is 89.2 cm³/mol. The first-order valence-electron chi connectivity index (χ1n) is 7.46. The van der Waals surface area contributed by atoms with E-state index in [1.54, 1.807) is 17.1 Å². The summed E-state index contributed by atoms with van der Waals surface area (Å²) in [6, 6.07) is 8.49. The van der Waals surface area contributed by atoms with Crippen LogP contribution in [0, 0.1) is 0 Å². The molecule has 1 aromatic carbocycles. The fourth-order valence-corrected chi connectivity index (χ4v) is 2.97. The van der Waals surface area contributed by atoms with Crippen LogP contribution in [0.1, 0.15) is 30.1 Å². The van der Waals surface area contributed by atoms with Crippen LogP contribution in [0.25, 0.3) is 5.69 Å². The molecule has 1 amide bonds. The number of halogens is 1. The average Bonchev–Trinajstić information content (AvgIpc) is 2.98. The van der Waals surface area contributed by atoms with Crippen molar-refractivity contribution in [1.29, 1.82) is 0 Å². The van der Waals surface area contributed by atoms with Crippen LogP contribution in [0.2, 0.25) is 0 Å². The molecule has 2 atom stereocenters. The lowest BCUT2D eigenvalue weighted by Gasteiger charge is -2.28. The lowest BCUT2D eigenvalue weighted by atomic mass is 10.0. The zero-order valence-corrected chi connectivity index (χ0v) is 14.0. The van der Waals surface area contributed by atoms with Crippen molar-refractivity contribution >= 4 is 21.8 Å². The molecule has 2 heterocycles. The monoisotopic (exact) mass is 362 g/mol. The number of rotatable bonds is 3. The minimum atomic E-state index is -0.0533. The van der Waals surface area contributed by atoms with Gasteiger partial charge in [0.1, 0.15) is 0 Å². The maximum absolute atomic E-state index is 12.3. The van der Waals surface area contributed by atoms with Crippen molar-refractivity contribution < 1.29 is 4.79 Å². The van der Waals surface area contributed by atoms with Crippen molar-refractivity contribution in [3.63, 3.8) is 0 Å². The molecule has 0 aliphatic carbocycles. The summed E-state index contributed by atoms with van der Waals surface area (Å²) in [5, 5.41) is 10.8. The third-order valence-corrected chi connectivity index (χ3v) is 4.42. The molecule has 6 heteroatoms. The van der Waals surface area contributed by atoms with Crippen molar-refractivity contribution in [2.24, 2.45) is 0 Å². The van der Waals surface area contributed by atoms with Gasteiger partial charge in [-0.05, 0) is 50.6 Å². The summed E-state index contributed by atoms with van der Waals surface area (Å²) < 4.78 is 2.73. The number of amides is 1. The van der Waals surface area contributed by atoms with E-state index >= 15 is 0 Å². The van der Waals surface area contributed by atoms with Crippen LogP contribution in [-0.2, 0) is 0 Å². The lowest BCUT2D eigenvalue weighted by molar-refractivity contribution is 0.0925. The van der Waals surface area contributed by atoms with Crippen LogP contribution in [0.3, 0.4) is 0 Å². The molecule has 3 rings (SSSR count). The molecule has 2 unspecified atom stereocenters. The van der Waals surface area contributed by atoms with Crippen LogP contribution in [0.5, 0.6) is 0 Å². The first-order chi connectivity index (χ1) is 10.6. The maximum Gasteiger partial charge on any atom is 0.254 e. The molecule has 2 N–H and O–H groups in total. The van der Waals surface area contributed by atoms with E-state index in [1.807, 2.05) is 24.3 Å². The summed E-state index contributed by atoms with van der Waals surface area (Å²) in [7, 11) is 0. The van der Waals surface area contributed by atoms with Gasteiger partial charge in [0.15, 0.2) is 0 Å². The number of carbonyl (C=O) groups is 1. The van der Waals surface area contributed by atoms with Gasteiger partial charge in [0.25, 0.3) is 5.91 Å². The van der Waals surface area contributed by atoms with E-state index in [-0.39, 0.29) is 11.9 Å². The SMILES string of the molecule is CC1CC(NC(=O)c2cnn(-c3ccc(Br)cc3)c2)CCN1. The van der Waals surface area contributed by atoms with Gasteiger partial charge < -0.3 is 10.6 Å². The van der Waals surface area contributed by atoms with Gasteiger partial charge in [0.2, 0.25) is 0 Å². The van der Waals surface area contributed by atoms with Gasteiger partial charge in [-0.3, -0.25) is 4.79 Å². The summed E-state index contributed by atoms with van der Waals surface area (Å²) in [4.78, 5) is 12.3. The Morgan fingerprint density at radius 2 is 2.18 bits per heavy atom. The van der Waals surface area contributed by atoms with Gasteiger partial charge in [-0.2, -0.15) is 5.10 Å². The van der Waals surface area contributed by atoms with Crippen molar-refractivity contribution in [2.75, 3.05) is 6.54 Å².